The maximum absolute atomic E-state index is 12.5. The van der Waals surface area contributed by atoms with E-state index in [1.807, 2.05) is 0 Å². The van der Waals surface area contributed by atoms with Gasteiger partial charge in [-0.05, 0) is 50.1 Å². The van der Waals surface area contributed by atoms with Crippen LogP contribution in [-0.2, 0) is 0 Å². The van der Waals surface area contributed by atoms with Crippen molar-refractivity contribution in [1.29, 1.82) is 0 Å². The van der Waals surface area contributed by atoms with E-state index < -0.39 is 0 Å². The van der Waals surface area contributed by atoms with Gasteiger partial charge in [0, 0.05) is 17.2 Å². The van der Waals surface area contributed by atoms with Crippen molar-refractivity contribution in [2.24, 2.45) is 0 Å². The van der Waals surface area contributed by atoms with Crippen molar-refractivity contribution in [2.45, 2.75) is 20.8 Å². The molecule has 5 heteroatoms. The Labute approximate surface area is 132 Å². The molecular weight excluding hydrogens is 296 g/mol. The molecule has 0 radical (unpaired) electrons. The summed E-state index contributed by atoms with van der Waals surface area (Å²) >= 11 is 0. The first kappa shape index (κ1) is 15.0. The summed E-state index contributed by atoms with van der Waals surface area (Å²) < 4.78 is 5.82. The Kier molecular flexibility index (Phi) is 3.29. The second-order valence-electron chi connectivity index (χ2n) is 5.61. The molecule has 3 rings (SSSR count). The Hall–Kier alpha value is -2.95. The number of hydrogen-bond donors (Lipinski definition) is 3. The Morgan fingerprint density at radius 3 is 2.22 bits per heavy atom. The molecule has 0 bridgehead atoms. The highest BCUT2D eigenvalue weighted by atomic mass is 16.3. The number of hydrogen-bond acceptors (Lipinski definition) is 5. The van der Waals surface area contributed by atoms with E-state index in [4.69, 9.17) is 4.42 Å². The highest BCUT2D eigenvalue weighted by Gasteiger charge is 2.17. The van der Waals surface area contributed by atoms with Crippen LogP contribution in [0.5, 0.6) is 17.2 Å². The molecule has 5 nitrogen and oxygen atoms in total. The molecule has 0 fully saturated rings. The Bertz CT molecular complexity index is 999. The molecule has 23 heavy (non-hydrogen) atoms. The van der Waals surface area contributed by atoms with E-state index in [0.29, 0.717) is 33.2 Å². The largest absolute Gasteiger partial charge is 0.507 e. The molecule has 1 heterocycles. The zero-order chi connectivity index (χ0) is 16.9. The number of phenolic OH excluding ortho intramolecular Hbond substituents is 3. The number of rotatable bonds is 1. The zero-order valence-electron chi connectivity index (χ0n) is 13.0. The normalized spacial score (nSPS) is 11.1. The number of aromatic hydroxyl groups is 3. The fourth-order valence-corrected chi connectivity index (χ4v) is 2.69. The summed E-state index contributed by atoms with van der Waals surface area (Å²) in [5.41, 5.74) is 2.37. The van der Waals surface area contributed by atoms with Crippen LogP contribution in [-0.4, -0.2) is 15.3 Å². The maximum atomic E-state index is 12.5. The minimum Gasteiger partial charge on any atom is -0.507 e. The average Bonchev–Trinajstić information content (AvgIpc) is 2.52. The molecule has 0 aliphatic carbocycles. The zero-order valence-corrected chi connectivity index (χ0v) is 13.0. The van der Waals surface area contributed by atoms with Gasteiger partial charge in [0.15, 0.2) is 16.9 Å². The van der Waals surface area contributed by atoms with Crippen LogP contribution in [0.3, 0.4) is 0 Å². The predicted molar refractivity (Wildman–Crippen MR) is 87.1 cm³/mol. The highest BCUT2D eigenvalue weighted by molar-refractivity contribution is 5.88. The van der Waals surface area contributed by atoms with Crippen LogP contribution in [0.4, 0.5) is 0 Å². The van der Waals surface area contributed by atoms with E-state index >= 15 is 0 Å². The van der Waals surface area contributed by atoms with Crippen LogP contribution >= 0.6 is 0 Å². The fraction of sp³-hybridized carbons (Fsp3) is 0.167. The van der Waals surface area contributed by atoms with Crippen LogP contribution in [0, 0.1) is 20.8 Å². The Morgan fingerprint density at radius 2 is 1.57 bits per heavy atom. The fourth-order valence-electron chi connectivity index (χ4n) is 2.69. The lowest BCUT2D eigenvalue weighted by Gasteiger charge is -2.12. The van der Waals surface area contributed by atoms with E-state index in [-0.39, 0.29) is 28.4 Å². The van der Waals surface area contributed by atoms with E-state index in [1.54, 1.807) is 20.8 Å². The SMILES string of the molecule is Cc1c(O)c(C)c2oc(-c3ccc(O)c(O)c3)cc(=O)c2c1C. The Morgan fingerprint density at radius 1 is 0.870 bits per heavy atom. The van der Waals surface area contributed by atoms with Crippen LogP contribution in [0.25, 0.3) is 22.3 Å². The lowest BCUT2D eigenvalue weighted by atomic mass is 9.98. The summed E-state index contributed by atoms with van der Waals surface area (Å²) in [7, 11) is 0. The van der Waals surface area contributed by atoms with Crippen molar-refractivity contribution in [3.8, 4) is 28.6 Å². The van der Waals surface area contributed by atoms with Gasteiger partial charge in [-0.1, -0.05) is 0 Å². The smallest absolute Gasteiger partial charge is 0.193 e. The standard InChI is InChI=1S/C18H16O5/c1-8-9(2)17(22)10(3)18-16(8)14(21)7-15(23-18)11-4-5-12(19)13(20)6-11/h4-7,19-20,22H,1-3H3. The van der Waals surface area contributed by atoms with Crippen molar-refractivity contribution in [1.82, 2.24) is 0 Å². The number of aryl methyl sites for hydroxylation is 2. The first-order valence-electron chi connectivity index (χ1n) is 7.10. The number of phenols is 3. The van der Waals surface area contributed by atoms with Crippen LogP contribution in [0.2, 0.25) is 0 Å². The van der Waals surface area contributed by atoms with Crippen LogP contribution in [0.1, 0.15) is 16.7 Å². The molecule has 0 saturated carbocycles. The van der Waals surface area contributed by atoms with Gasteiger partial charge in [-0.2, -0.15) is 0 Å². The molecular formula is C18H16O5. The van der Waals surface area contributed by atoms with Gasteiger partial charge in [-0.15, -0.1) is 0 Å². The third kappa shape index (κ3) is 2.21. The summed E-state index contributed by atoms with van der Waals surface area (Å²) in [6.45, 7) is 5.20. The van der Waals surface area contributed by atoms with Gasteiger partial charge in [-0.25, -0.2) is 0 Å². The molecule has 3 aromatic rings. The van der Waals surface area contributed by atoms with Gasteiger partial charge >= 0.3 is 0 Å². The average molecular weight is 312 g/mol. The third-order valence-corrected chi connectivity index (χ3v) is 4.20. The summed E-state index contributed by atoms with van der Waals surface area (Å²) in [4.78, 5) is 12.5. The van der Waals surface area contributed by atoms with E-state index in [1.165, 1.54) is 24.3 Å². The molecule has 0 aliphatic heterocycles. The molecule has 0 unspecified atom stereocenters. The minimum atomic E-state index is -0.301. The van der Waals surface area contributed by atoms with Crippen molar-refractivity contribution >= 4 is 11.0 Å². The second-order valence-corrected chi connectivity index (χ2v) is 5.61. The van der Waals surface area contributed by atoms with Gasteiger partial charge in [0.2, 0.25) is 0 Å². The first-order chi connectivity index (χ1) is 10.8. The second kappa shape index (κ2) is 5.05. The molecule has 0 spiro atoms. The number of fused-ring (bicyclic) bond motifs is 1. The molecule has 3 N–H and O–H groups in total. The summed E-state index contributed by atoms with van der Waals surface area (Å²) in [5, 5.41) is 29.6. The molecule has 0 aliphatic rings. The highest BCUT2D eigenvalue weighted by Crippen LogP contribution is 2.35. The summed E-state index contributed by atoms with van der Waals surface area (Å²) in [6, 6.07) is 5.52. The van der Waals surface area contributed by atoms with Crippen molar-refractivity contribution < 1.29 is 19.7 Å². The lowest BCUT2D eigenvalue weighted by molar-refractivity contribution is 0.404. The predicted octanol–water partition coefficient (Wildman–Crippen LogP) is 3.50. The summed E-state index contributed by atoms with van der Waals surface area (Å²) in [6.07, 6.45) is 0. The molecule has 0 amide bonds. The Balaban J connectivity index is 2.38. The number of benzene rings is 2. The van der Waals surface area contributed by atoms with E-state index in [2.05, 4.69) is 0 Å². The molecule has 0 saturated heterocycles. The van der Waals surface area contributed by atoms with Gasteiger partial charge in [0.25, 0.3) is 0 Å². The van der Waals surface area contributed by atoms with Gasteiger partial charge in [-0.3, -0.25) is 4.79 Å². The van der Waals surface area contributed by atoms with Crippen molar-refractivity contribution in [2.75, 3.05) is 0 Å². The molecule has 0 atom stereocenters. The van der Waals surface area contributed by atoms with Gasteiger partial charge in [0.05, 0.1) is 5.39 Å². The monoisotopic (exact) mass is 312 g/mol. The van der Waals surface area contributed by atoms with Crippen LogP contribution in [0.15, 0.2) is 33.5 Å². The van der Waals surface area contributed by atoms with Crippen molar-refractivity contribution in [3.05, 3.63) is 51.2 Å². The van der Waals surface area contributed by atoms with Gasteiger partial charge in [0.1, 0.15) is 17.1 Å². The topological polar surface area (TPSA) is 90.9 Å². The van der Waals surface area contributed by atoms with Gasteiger partial charge < -0.3 is 19.7 Å². The molecule has 2 aromatic carbocycles. The van der Waals surface area contributed by atoms with E-state index in [0.717, 1.165) is 0 Å². The maximum Gasteiger partial charge on any atom is 0.193 e. The van der Waals surface area contributed by atoms with Crippen LogP contribution < -0.4 is 5.43 Å². The quantitative estimate of drug-likeness (QED) is 0.598. The molecule has 1 aromatic heterocycles. The summed E-state index contributed by atoms with van der Waals surface area (Å²) in [5.74, 6) is -0.200. The molecule has 118 valence electrons. The van der Waals surface area contributed by atoms with Crippen molar-refractivity contribution in [3.63, 3.8) is 0 Å². The lowest BCUT2D eigenvalue weighted by Crippen LogP contribution is -2.05. The third-order valence-electron chi connectivity index (χ3n) is 4.20. The minimum absolute atomic E-state index is 0.101. The van der Waals surface area contributed by atoms with E-state index in [9.17, 15) is 20.1 Å². The first-order valence-corrected chi connectivity index (χ1v) is 7.10.